The van der Waals surface area contributed by atoms with Gasteiger partial charge in [0, 0.05) is 11.4 Å². The summed E-state index contributed by atoms with van der Waals surface area (Å²) in [6, 6.07) is 16.9. The zero-order chi connectivity index (χ0) is 62.6. The molecule has 42 heteroatoms. The number of hydrogen-bond acceptors (Lipinski definition) is 26. The van der Waals surface area contributed by atoms with E-state index in [0.29, 0.717) is 36.4 Å². The van der Waals surface area contributed by atoms with Gasteiger partial charge in [0.15, 0.2) is 11.4 Å². The minimum Gasteiger partial charge on any atom is -0.324 e. The van der Waals surface area contributed by atoms with Crippen molar-refractivity contribution in [2.75, 3.05) is 21.5 Å². The van der Waals surface area contributed by atoms with Crippen LogP contribution >= 0.6 is 23.2 Å². The number of hydrogen-bond donors (Lipinski definition) is 12. The van der Waals surface area contributed by atoms with E-state index in [-0.39, 0.29) is 34.6 Å². The summed E-state index contributed by atoms with van der Waals surface area (Å²) in [5.41, 5.74) is -1.94. The number of carbonyl (C=O) groups excluding carboxylic acids is 2. The van der Waals surface area contributed by atoms with Gasteiger partial charge >= 0.3 is 0 Å². The van der Waals surface area contributed by atoms with Crippen LogP contribution in [0.15, 0.2) is 147 Å². The summed E-state index contributed by atoms with van der Waals surface area (Å²) in [7, 11) is -30.5. The van der Waals surface area contributed by atoms with Crippen molar-refractivity contribution in [3.8, 4) is 0 Å². The van der Waals surface area contributed by atoms with Crippen LogP contribution in [0.4, 0.5) is 46.0 Å². The maximum Gasteiger partial charge on any atom is 0.296 e. The van der Waals surface area contributed by atoms with E-state index in [2.05, 4.69) is 71.6 Å². The van der Waals surface area contributed by atoms with Gasteiger partial charge in [-0.1, -0.05) is 12.1 Å². The van der Waals surface area contributed by atoms with Crippen LogP contribution in [0, 0.1) is 0 Å². The van der Waals surface area contributed by atoms with Crippen molar-refractivity contribution in [1.82, 2.24) is 29.9 Å². The average molecular weight is 1340 g/mol. The zero-order valence-electron chi connectivity index (χ0n) is 41.6. The van der Waals surface area contributed by atoms with E-state index in [1.807, 2.05) is 0 Å². The zero-order valence-corrected chi connectivity index (χ0v) is 48.0. The summed E-state index contributed by atoms with van der Waals surface area (Å²) in [5.74, 6) is -3.27. The first-order valence-corrected chi connectivity index (χ1v) is 32.0. The van der Waals surface area contributed by atoms with E-state index in [4.69, 9.17) is 23.2 Å². The molecule has 0 fully saturated rings. The fourth-order valence-corrected chi connectivity index (χ4v) is 11.5. The average Bonchev–Trinajstić information content (AvgIpc) is 0.787. The Morgan fingerprint density at radius 3 is 1.09 bits per heavy atom. The van der Waals surface area contributed by atoms with E-state index in [1.165, 1.54) is 36.4 Å². The number of halogens is 2. The van der Waals surface area contributed by atoms with Crippen LogP contribution in [-0.4, -0.2) is 131 Å². The van der Waals surface area contributed by atoms with Gasteiger partial charge in [0.05, 0.1) is 53.5 Å². The Bertz CT molecular complexity index is 4820. The molecule has 34 nitrogen and oxygen atoms in total. The molecule has 446 valence electrons. The molecule has 0 radical (unpaired) electrons. The second-order valence-corrected chi connectivity index (χ2v) is 26.3. The number of rotatable bonds is 16. The number of fused-ring (bicyclic) bond motifs is 2. The van der Waals surface area contributed by atoms with Gasteiger partial charge in [0.1, 0.15) is 9.81 Å². The Labute approximate surface area is 491 Å². The predicted molar refractivity (Wildman–Crippen MR) is 301 cm³/mol. The van der Waals surface area contributed by atoms with E-state index in [0.717, 1.165) is 36.4 Å². The molecule has 7 aromatic rings. The standard InChI is InChI=1S/C44H30Cl2N14O20S6/c45-39-51-41(55-43(53-39)49-29-17-27(83(69,70)71)11-19-13-31(85(75,76)77)35(37(61)33(19)29)59-57-23-3-1-5-25(15-23)81(63,64)65)47-21-7-9-22(10-8-21)48-42-52-40(46)54-44(56-42)50-30-18-28(84(72,73)74)12-20-14-32(86(78,79)80)36(38(62)34(20)30)60-58-24-4-2-6-26(16-24)82(66,67)68/h1-18,57-58H,(H,63,64,65)(H,66,67,68)(H,69,70,71)(H,72,73,74)(H,75,76,77)(H,78,79,80)(H2,47,49,51,53,55)(H2,48,50,52,54,56)/b59-35+,60-36+. The molecule has 0 unspecified atom stereocenters. The summed E-state index contributed by atoms with van der Waals surface area (Å²) in [4.78, 5) is 52.6. The van der Waals surface area contributed by atoms with Crippen molar-refractivity contribution in [1.29, 1.82) is 0 Å². The highest BCUT2D eigenvalue weighted by molar-refractivity contribution is 7.91. The molecule has 0 saturated heterocycles. The number of aromatic amines is 2. The van der Waals surface area contributed by atoms with E-state index < -0.39 is 169 Å². The highest BCUT2D eigenvalue weighted by atomic mass is 35.5. The summed E-state index contributed by atoms with van der Waals surface area (Å²) in [6.45, 7) is 0. The van der Waals surface area contributed by atoms with Crippen molar-refractivity contribution in [2.45, 2.75) is 19.6 Å². The molecule has 86 heavy (non-hydrogen) atoms. The van der Waals surface area contributed by atoms with Crippen molar-refractivity contribution < 1.29 is 87.4 Å². The molecule has 2 aliphatic rings. The first kappa shape index (κ1) is 61.7. The van der Waals surface area contributed by atoms with Gasteiger partial charge < -0.3 is 10.6 Å². The lowest BCUT2D eigenvalue weighted by Crippen LogP contribution is -2.28. The molecule has 0 aliphatic heterocycles. The van der Waals surface area contributed by atoms with Gasteiger partial charge in [-0.2, -0.15) is 80.6 Å². The monoisotopic (exact) mass is 1340 g/mol. The Balaban J connectivity index is 1.02. The van der Waals surface area contributed by atoms with Gasteiger partial charge in [-0.05, 0) is 131 Å². The second-order valence-electron chi connectivity index (χ2n) is 17.2. The molecule has 0 atom stereocenters. The number of aromatic nitrogens is 6. The number of hydrazone groups is 2. The van der Waals surface area contributed by atoms with E-state index in [9.17, 15) is 87.4 Å². The molecule has 0 spiro atoms. The smallest absolute Gasteiger partial charge is 0.296 e. The molecule has 5 aromatic carbocycles. The summed E-state index contributed by atoms with van der Waals surface area (Å²) in [6.07, 6.45) is 1.27. The maximum atomic E-state index is 14.2. The lowest BCUT2D eigenvalue weighted by atomic mass is 9.93. The molecule has 0 bridgehead atoms. The number of allylic oxidation sites excluding steroid dienone is 2. The molecule has 0 saturated carbocycles. The number of carbonyl (C=O) groups is 2. The number of benzene rings is 5. The second kappa shape index (κ2) is 22.8. The molecular formula is C44H30Cl2N14O20S6. The third-order valence-electron chi connectivity index (χ3n) is 11.3. The largest absolute Gasteiger partial charge is 0.324 e. The fraction of sp³-hybridized carbons (Fsp3) is 0. The molecule has 9 rings (SSSR count). The lowest BCUT2D eigenvalue weighted by molar-refractivity contribution is 0.105. The third-order valence-corrected chi connectivity index (χ3v) is 16.7. The third kappa shape index (κ3) is 14.1. The van der Waals surface area contributed by atoms with Crippen LogP contribution in [0.5, 0.6) is 0 Å². The van der Waals surface area contributed by atoms with Crippen molar-refractivity contribution >= 4 is 165 Å². The number of nitrogens with zero attached hydrogens (tertiary/aromatic N) is 8. The molecule has 12 N–H and O–H groups in total. The van der Waals surface area contributed by atoms with E-state index >= 15 is 0 Å². The van der Waals surface area contributed by atoms with Gasteiger partial charge in [0.25, 0.3) is 60.7 Å². The highest BCUT2D eigenvalue weighted by Gasteiger charge is 2.38. The number of anilines is 6. The van der Waals surface area contributed by atoms with Crippen LogP contribution in [0.1, 0.15) is 31.8 Å². The molecular weight excluding hydrogens is 1310 g/mol. The van der Waals surface area contributed by atoms with Crippen molar-refractivity contribution in [3.05, 3.63) is 151 Å². The highest BCUT2D eigenvalue weighted by Crippen LogP contribution is 2.37. The fourth-order valence-electron chi connectivity index (χ4n) is 7.69. The van der Waals surface area contributed by atoms with Crippen LogP contribution in [0.25, 0.3) is 12.2 Å². The van der Waals surface area contributed by atoms with E-state index in [1.54, 1.807) is 0 Å². The minimum atomic E-state index is -5.36. The summed E-state index contributed by atoms with van der Waals surface area (Å²) >= 11 is 12.5. The Morgan fingerprint density at radius 1 is 0.419 bits per heavy atom. The molecule has 2 aliphatic carbocycles. The predicted octanol–water partition coefficient (Wildman–Crippen LogP) is 3.95. The number of nitrogens with one attached hydrogen (secondary N) is 6. The van der Waals surface area contributed by atoms with Gasteiger partial charge in [0.2, 0.25) is 45.3 Å². The Hall–Kier alpha value is -8.88. The first-order chi connectivity index (χ1) is 40.0. The summed E-state index contributed by atoms with van der Waals surface area (Å²) in [5, 5.41) is 12.3. The Morgan fingerprint density at radius 2 is 0.767 bits per heavy atom. The number of H-pyrrole nitrogens is 2. The lowest BCUT2D eigenvalue weighted by Gasteiger charge is -2.18. The van der Waals surface area contributed by atoms with Crippen LogP contribution in [0.3, 0.4) is 0 Å². The normalized spacial score (nSPS) is 15.4. The minimum absolute atomic E-state index is 0.206. The van der Waals surface area contributed by atoms with Crippen molar-refractivity contribution in [3.63, 3.8) is 0 Å². The van der Waals surface area contributed by atoms with Crippen LogP contribution in [-0.2, 0) is 60.7 Å². The summed E-state index contributed by atoms with van der Waals surface area (Å²) < 4.78 is 206. The van der Waals surface area contributed by atoms with Crippen LogP contribution < -0.4 is 32.7 Å². The molecule has 2 aromatic heterocycles. The van der Waals surface area contributed by atoms with Crippen molar-refractivity contribution in [2.24, 2.45) is 20.2 Å². The number of ketones is 2. The maximum absolute atomic E-state index is 14.2. The SMILES string of the molecule is O=C1/C(=N/Nc2cccc(S(=O)(=O)O)c2)C(S(=O)(=O)O)=Cc2cc(S(=O)(=O)O)cc(N=c3nc(Nc4ccc(Nc5nc(Cl)[nH]c(=Nc6cc(S(=O)(=O)O)cc7c6C(=O)/C(=N/Nc6cccc(S(=O)(=O)O)c6)C(S(=O)(=O)O)=C7)n5)cc4)nc(Cl)[nH]3)c21. The van der Waals surface area contributed by atoms with Gasteiger partial charge in [-0.3, -0.25) is 57.7 Å². The quantitative estimate of drug-likeness (QED) is 0.0481. The Kier molecular flexibility index (Phi) is 16.4. The molecule has 0 amide bonds. The van der Waals surface area contributed by atoms with Gasteiger partial charge in [-0.25, -0.2) is 9.98 Å². The number of Topliss-reactive ketones (excluding diaryl/α,β-unsaturated/α-hetero) is 2. The first-order valence-electron chi connectivity index (χ1n) is 22.6. The van der Waals surface area contributed by atoms with Crippen LogP contribution in [0.2, 0.25) is 10.6 Å². The topological polar surface area (TPSA) is 541 Å². The molecule has 2 heterocycles. The van der Waals surface area contributed by atoms with Gasteiger partial charge in [-0.15, -0.1) is 0 Å².